The second-order valence-corrected chi connectivity index (χ2v) is 7.00. The third-order valence-corrected chi connectivity index (χ3v) is 5.02. The Morgan fingerprint density at radius 2 is 2.00 bits per heavy atom. The first-order valence-corrected chi connectivity index (χ1v) is 8.92. The van der Waals surface area contributed by atoms with Gasteiger partial charge >= 0.3 is 0 Å². The molecule has 0 spiro atoms. The quantitative estimate of drug-likeness (QED) is 0.785. The van der Waals surface area contributed by atoms with E-state index in [1.165, 1.54) is 12.1 Å². The van der Waals surface area contributed by atoms with E-state index in [1.54, 1.807) is 12.3 Å². The van der Waals surface area contributed by atoms with E-state index in [0.717, 1.165) is 24.8 Å². The van der Waals surface area contributed by atoms with Gasteiger partial charge in [0.05, 0.1) is 4.90 Å². The molecule has 0 fully saturated rings. The van der Waals surface area contributed by atoms with Crippen LogP contribution in [-0.4, -0.2) is 26.7 Å². The van der Waals surface area contributed by atoms with E-state index in [-0.39, 0.29) is 11.7 Å². The van der Waals surface area contributed by atoms with Crippen molar-refractivity contribution in [2.75, 3.05) is 13.3 Å². The highest BCUT2D eigenvalue weighted by molar-refractivity contribution is 7.89. The number of hydrogen-bond donors (Lipinski definition) is 1. The van der Waals surface area contributed by atoms with E-state index in [0.29, 0.717) is 18.0 Å². The first-order valence-electron chi connectivity index (χ1n) is 7.43. The van der Waals surface area contributed by atoms with Crippen LogP contribution >= 0.6 is 0 Å². The fraction of sp³-hybridized carbons (Fsp3) is 0.312. The Morgan fingerprint density at radius 1 is 1.13 bits per heavy atom. The SMILES string of the molecule is O=S(=O)(NCCCCc1cccnc1)c1ccc2c(c1)OCO2. The van der Waals surface area contributed by atoms with E-state index in [4.69, 9.17) is 9.47 Å². The number of nitrogens with zero attached hydrogens (tertiary/aromatic N) is 1. The number of pyridine rings is 1. The van der Waals surface area contributed by atoms with E-state index >= 15 is 0 Å². The number of sulfonamides is 1. The van der Waals surface area contributed by atoms with Crippen LogP contribution in [0.3, 0.4) is 0 Å². The van der Waals surface area contributed by atoms with Crippen molar-refractivity contribution in [3.63, 3.8) is 0 Å². The number of fused-ring (bicyclic) bond motifs is 1. The van der Waals surface area contributed by atoms with Crippen molar-refractivity contribution in [2.24, 2.45) is 0 Å². The maximum Gasteiger partial charge on any atom is 0.240 e. The summed E-state index contributed by atoms with van der Waals surface area (Å²) < 4.78 is 37.5. The number of ether oxygens (including phenoxy) is 2. The van der Waals surface area contributed by atoms with Crippen LogP contribution in [0.15, 0.2) is 47.6 Å². The van der Waals surface area contributed by atoms with Gasteiger partial charge in [0.15, 0.2) is 11.5 Å². The van der Waals surface area contributed by atoms with E-state index in [1.807, 2.05) is 18.3 Å². The Balaban J connectivity index is 1.49. The molecule has 1 aliphatic heterocycles. The molecule has 3 rings (SSSR count). The molecular formula is C16H18N2O4S. The van der Waals surface area contributed by atoms with Gasteiger partial charge in [0.2, 0.25) is 16.8 Å². The minimum atomic E-state index is -3.52. The zero-order valence-corrected chi connectivity index (χ0v) is 13.4. The number of unbranched alkanes of at least 4 members (excludes halogenated alkanes) is 1. The van der Waals surface area contributed by atoms with Crippen LogP contribution in [0.2, 0.25) is 0 Å². The molecular weight excluding hydrogens is 316 g/mol. The lowest BCUT2D eigenvalue weighted by Gasteiger charge is -2.07. The van der Waals surface area contributed by atoms with E-state index in [2.05, 4.69) is 9.71 Å². The Morgan fingerprint density at radius 3 is 2.83 bits per heavy atom. The maximum atomic E-state index is 12.2. The van der Waals surface area contributed by atoms with Gasteiger partial charge in [-0.3, -0.25) is 4.98 Å². The number of hydrogen-bond acceptors (Lipinski definition) is 5. The minimum absolute atomic E-state index is 0.126. The van der Waals surface area contributed by atoms with Crippen molar-refractivity contribution in [1.82, 2.24) is 9.71 Å². The molecule has 1 N–H and O–H groups in total. The molecule has 0 bridgehead atoms. The van der Waals surface area contributed by atoms with Crippen molar-refractivity contribution in [3.8, 4) is 11.5 Å². The highest BCUT2D eigenvalue weighted by Gasteiger charge is 2.19. The summed E-state index contributed by atoms with van der Waals surface area (Å²) in [7, 11) is -3.52. The molecule has 0 radical (unpaired) electrons. The Kier molecular flexibility index (Phi) is 4.78. The van der Waals surface area contributed by atoms with Gasteiger partial charge < -0.3 is 9.47 Å². The monoisotopic (exact) mass is 334 g/mol. The molecule has 23 heavy (non-hydrogen) atoms. The lowest BCUT2D eigenvalue weighted by molar-refractivity contribution is 0.174. The first-order chi connectivity index (χ1) is 11.1. The standard InChI is InChI=1S/C16H18N2O4S/c19-23(20,14-6-7-15-16(10-14)22-12-21-15)18-9-2-1-4-13-5-3-8-17-11-13/h3,5-8,10-11,18H,1-2,4,9,12H2. The average molecular weight is 334 g/mol. The highest BCUT2D eigenvalue weighted by atomic mass is 32.2. The molecule has 122 valence electrons. The van der Waals surface area contributed by atoms with Gasteiger partial charge in [-0.2, -0.15) is 0 Å². The number of nitrogens with one attached hydrogen (secondary N) is 1. The molecule has 2 heterocycles. The van der Waals surface area contributed by atoms with Gasteiger partial charge in [0, 0.05) is 25.0 Å². The molecule has 0 unspecified atom stereocenters. The van der Waals surface area contributed by atoms with Crippen LogP contribution in [-0.2, 0) is 16.4 Å². The lowest BCUT2D eigenvalue weighted by atomic mass is 10.1. The van der Waals surface area contributed by atoms with Crippen LogP contribution in [0.1, 0.15) is 18.4 Å². The summed E-state index contributed by atoms with van der Waals surface area (Å²) in [5.41, 5.74) is 1.16. The third kappa shape index (κ3) is 4.00. The summed E-state index contributed by atoms with van der Waals surface area (Å²) >= 11 is 0. The zero-order valence-electron chi connectivity index (χ0n) is 12.6. The maximum absolute atomic E-state index is 12.2. The predicted molar refractivity (Wildman–Crippen MR) is 84.9 cm³/mol. The molecule has 6 nitrogen and oxygen atoms in total. The van der Waals surface area contributed by atoms with Crippen LogP contribution in [0, 0.1) is 0 Å². The third-order valence-electron chi connectivity index (χ3n) is 3.56. The topological polar surface area (TPSA) is 77.5 Å². The van der Waals surface area contributed by atoms with Crippen molar-refractivity contribution in [3.05, 3.63) is 48.3 Å². The molecule has 1 aliphatic rings. The number of aromatic nitrogens is 1. The summed E-state index contributed by atoms with van der Waals surface area (Å²) in [6.07, 6.45) is 6.12. The summed E-state index contributed by atoms with van der Waals surface area (Å²) in [4.78, 5) is 4.25. The van der Waals surface area contributed by atoms with Crippen LogP contribution in [0.4, 0.5) is 0 Å². The van der Waals surface area contributed by atoms with Crippen molar-refractivity contribution in [2.45, 2.75) is 24.2 Å². The molecule has 0 saturated carbocycles. The van der Waals surface area contributed by atoms with Gasteiger partial charge in [-0.05, 0) is 43.0 Å². The van der Waals surface area contributed by atoms with Crippen LogP contribution < -0.4 is 14.2 Å². The van der Waals surface area contributed by atoms with Gasteiger partial charge in [-0.15, -0.1) is 0 Å². The van der Waals surface area contributed by atoms with Crippen LogP contribution in [0.25, 0.3) is 0 Å². The summed E-state index contributed by atoms with van der Waals surface area (Å²) in [6.45, 7) is 0.525. The second kappa shape index (κ2) is 6.97. The zero-order chi connectivity index (χ0) is 16.1. The molecule has 0 atom stereocenters. The number of rotatable bonds is 7. The van der Waals surface area contributed by atoms with Gasteiger partial charge in [-0.25, -0.2) is 13.1 Å². The second-order valence-electron chi connectivity index (χ2n) is 5.23. The first kappa shape index (κ1) is 15.8. The van der Waals surface area contributed by atoms with Gasteiger partial charge in [0.1, 0.15) is 0 Å². The number of aryl methyl sites for hydroxylation is 1. The van der Waals surface area contributed by atoms with E-state index in [9.17, 15) is 8.42 Å². The molecule has 0 saturated heterocycles. The molecule has 2 aromatic rings. The lowest BCUT2D eigenvalue weighted by Crippen LogP contribution is -2.24. The van der Waals surface area contributed by atoms with E-state index < -0.39 is 10.0 Å². The smallest absolute Gasteiger partial charge is 0.240 e. The van der Waals surface area contributed by atoms with Crippen molar-refractivity contribution >= 4 is 10.0 Å². The van der Waals surface area contributed by atoms with Gasteiger partial charge in [-0.1, -0.05) is 6.07 Å². The minimum Gasteiger partial charge on any atom is -0.454 e. The molecule has 0 aliphatic carbocycles. The summed E-state index contributed by atoms with van der Waals surface area (Å²) in [6, 6.07) is 8.53. The highest BCUT2D eigenvalue weighted by Crippen LogP contribution is 2.33. The van der Waals surface area contributed by atoms with Gasteiger partial charge in [0.25, 0.3) is 0 Å². The molecule has 0 amide bonds. The fourth-order valence-electron chi connectivity index (χ4n) is 2.33. The van der Waals surface area contributed by atoms with Crippen LogP contribution in [0.5, 0.6) is 11.5 Å². The Labute approximate surface area is 135 Å². The Bertz CT molecular complexity index is 763. The molecule has 1 aromatic heterocycles. The average Bonchev–Trinajstić information content (AvgIpc) is 3.03. The fourth-order valence-corrected chi connectivity index (χ4v) is 3.42. The van der Waals surface area contributed by atoms with Crippen molar-refractivity contribution < 1.29 is 17.9 Å². The Hall–Kier alpha value is -2.12. The predicted octanol–water partition coefficient (Wildman–Crippen LogP) is 2.11. The largest absolute Gasteiger partial charge is 0.454 e. The molecule has 1 aromatic carbocycles. The summed E-state index contributed by atoms with van der Waals surface area (Å²) in [5, 5.41) is 0. The molecule has 7 heteroatoms. The normalized spacial score (nSPS) is 13.2. The summed E-state index contributed by atoms with van der Waals surface area (Å²) in [5.74, 6) is 1.03. The number of benzene rings is 1. The van der Waals surface area contributed by atoms with Crippen molar-refractivity contribution in [1.29, 1.82) is 0 Å².